The highest BCUT2D eigenvalue weighted by atomic mass is 19.4. The van der Waals surface area contributed by atoms with Gasteiger partial charge in [0.15, 0.2) is 0 Å². The van der Waals surface area contributed by atoms with Crippen molar-refractivity contribution in [2.45, 2.75) is 82.4 Å². The van der Waals surface area contributed by atoms with Crippen LogP contribution in [0, 0.1) is 0 Å². The first-order chi connectivity index (χ1) is 20.4. The summed E-state index contributed by atoms with van der Waals surface area (Å²) in [5.74, 6) is 0.0277. The van der Waals surface area contributed by atoms with Crippen LogP contribution in [0.5, 0.6) is 5.88 Å². The molecule has 2 aliphatic rings. The molecule has 13 heteroatoms. The molecule has 1 aliphatic heterocycles. The zero-order chi connectivity index (χ0) is 30.4. The lowest BCUT2D eigenvalue weighted by Gasteiger charge is -2.52. The van der Waals surface area contributed by atoms with Crippen LogP contribution in [0.3, 0.4) is 0 Å². The molecular formula is C30H38F3N9O. The monoisotopic (exact) mass is 597 g/mol. The van der Waals surface area contributed by atoms with Gasteiger partial charge < -0.3 is 20.8 Å². The number of hydrogen-bond acceptors (Lipinski definition) is 8. The Bertz CT molecular complexity index is 1560. The zero-order valence-electron chi connectivity index (χ0n) is 24.7. The van der Waals surface area contributed by atoms with Crippen molar-refractivity contribution in [2.24, 2.45) is 5.73 Å². The summed E-state index contributed by atoms with van der Waals surface area (Å²) in [5.41, 5.74) is 7.90. The maximum absolute atomic E-state index is 13.6. The molecule has 0 bridgehead atoms. The van der Waals surface area contributed by atoms with Crippen molar-refractivity contribution in [3.05, 3.63) is 54.4 Å². The maximum atomic E-state index is 13.6. The molecule has 0 spiro atoms. The van der Waals surface area contributed by atoms with Crippen LogP contribution in [-0.2, 0) is 18.3 Å². The Balaban J connectivity index is 1.07. The summed E-state index contributed by atoms with van der Waals surface area (Å²) in [5, 5.41) is 8.86. The number of fused-ring (bicyclic) bond motifs is 1. The lowest BCUT2D eigenvalue weighted by atomic mass is 9.71. The van der Waals surface area contributed by atoms with E-state index in [4.69, 9.17) is 10.5 Å². The van der Waals surface area contributed by atoms with Gasteiger partial charge in [0, 0.05) is 67.2 Å². The van der Waals surface area contributed by atoms with Crippen LogP contribution in [0.2, 0.25) is 0 Å². The van der Waals surface area contributed by atoms with Gasteiger partial charge in [-0.1, -0.05) is 0 Å². The zero-order valence-corrected chi connectivity index (χ0v) is 24.7. The maximum Gasteiger partial charge on any atom is 0.433 e. The van der Waals surface area contributed by atoms with Crippen LogP contribution in [-0.4, -0.2) is 71.9 Å². The highest BCUT2D eigenvalue weighted by Gasteiger charge is 2.48. The Kier molecular flexibility index (Phi) is 7.68. The van der Waals surface area contributed by atoms with Gasteiger partial charge in [0.2, 0.25) is 5.88 Å². The van der Waals surface area contributed by atoms with Crippen LogP contribution < -0.4 is 15.8 Å². The summed E-state index contributed by atoms with van der Waals surface area (Å²) >= 11 is 0. The number of nitrogens with two attached hydrogens (primary N) is 1. The lowest BCUT2D eigenvalue weighted by Crippen LogP contribution is -2.61. The molecule has 0 amide bonds. The highest BCUT2D eigenvalue weighted by Crippen LogP contribution is 2.43. The number of nitrogens with zero attached hydrogens (tertiary/aromatic N) is 6. The Hall–Kier alpha value is -3.55. The van der Waals surface area contributed by atoms with E-state index in [-0.39, 0.29) is 23.1 Å². The third-order valence-electron chi connectivity index (χ3n) is 8.56. The number of aromatic amines is 1. The van der Waals surface area contributed by atoms with Gasteiger partial charge in [-0.25, -0.2) is 15.0 Å². The molecule has 10 nitrogen and oxygen atoms in total. The molecule has 0 aromatic carbocycles. The van der Waals surface area contributed by atoms with Crippen molar-refractivity contribution in [3.63, 3.8) is 0 Å². The molecule has 5 heterocycles. The summed E-state index contributed by atoms with van der Waals surface area (Å²) in [6.07, 6.45) is 5.68. The number of likely N-dealkylation sites (tertiary alicyclic amines) is 1. The second-order valence-electron chi connectivity index (χ2n) is 12.8. The van der Waals surface area contributed by atoms with E-state index in [9.17, 15) is 13.2 Å². The molecule has 6 rings (SSSR count). The summed E-state index contributed by atoms with van der Waals surface area (Å²) in [4.78, 5) is 18.1. The molecule has 0 radical (unpaired) electrons. The first-order valence-electron chi connectivity index (χ1n) is 14.7. The molecule has 4 aromatic rings. The molecule has 1 saturated heterocycles. The standard InChI is InChI=1S/C30H38F3N9O/c1-28(2,3)38-14-19-10-24(30(31,32)33)40-25(11-19)43-22-5-8-41(9-6-22)21-12-29(13-21,17-34)42-16-20(15-39-42)26-23-4-7-35-27(23)37-18-36-26/h4,7,10-11,15-16,18,21-22,38H,5-6,8-9,12-14,17,34H2,1-3H3,(H,35,36,37). The topological polar surface area (TPSA) is 123 Å². The van der Waals surface area contributed by atoms with Gasteiger partial charge in [0.1, 0.15) is 23.8 Å². The SMILES string of the molecule is CC(C)(C)NCc1cc(OC2CCN(C3CC(CN)(n4cc(-c5ncnc6[nH]ccc56)cn4)C3)CC2)nc(C(F)(F)F)c1. The van der Waals surface area contributed by atoms with Crippen molar-refractivity contribution in [3.8, 4) is 17.1 Å². The van der Waals surface area contributed by atoms with E-state index in [1.54, 1.807) is 12.4 Å². The third-order valence-corrected chi connectivity index (χ3v) is 8.56. The molecule has 1 saturated carbocycles. The van der Waals surface area contributed by atoms with Gasteiger partial charge in [-0.05, 0) is 64.2 Å². The first-order valence-corrected chi connectivity index (χ1v) is 14.7. The molecule has 2 fully saturated rings. The van der Waals surface area contributed by atoms with Gasteiger partial charge in [-0.3, -0.25) is 9.58 Å². The van der Waals surface area contributed by atoms with E-state index in [1.807, 2.05) is 50.1 Å². The highest BCUT2D eigenvalue weighted by molar-refractivity contribution is 5.90. The number of hydrogen-bond donors (Lipinski definition) is 3. The minimum absolute atomic E-state index is 0.0277. The van der Waals surface area contributed by atoms with Gasteiger partial charge in [-0.2, -0.15) is 18.3 Å². The second kappa shape index (κ2) is 11.2. The number of nitrogens with one attached hydrogen (secondary N) is 2. The molecule has 4 N–H and O–H groups in total. The fraction of sp³-hybridized carbons (Fsp3) is 0.533. The molecular weight excluding hydrogens is 559 g/mol. The lowest BCUT2D eigenvalue weighted by molar-refractivity contribution is -0.141. The third kappa shape index (κ3) is 6.24. The molecule has 1 aliphatic carbocycles. The summed E-state index contributed by atoms with van der Waals surface area (Å²) in [6.45, 7) is 8.27. The summed E-state index contributed by atoms with van der Waals surface area (Å²) < 4.78 is 48.7. The van der Waals surface area contributed by atoms with E-state index in [0.717, 1.165) is 54.3 Å². The quantitative estimate of drug-likeness (QED) is 0.272. The Morgan fingerprint density at radius 1 is 1.14 bits per heavy atom. The molecule has 230 valence electrons. The van der Waals surface area contributed by atoms with E-state index in [0.29, 0.717) is 37.5 Å². The van der Waals surface area contributed by atoms with Crippen LogP contribution in [0.15, 0.2) is 43.1 Å². The number of alkyl halides is 3. The van der Waals surface area contributed by atoms with Crippen molar-refractivity contribution in [1.82, 2.24) is 39.9 Å². The Labute approximate surface area is 248 Å². The average molecular weight is 598 g/mol. The number of piperidine rings is 1. The fourth-order valence-corrected chi connectivity index (χ4v) is 6.09. The molecule has 43 heavy (non-hydrogen) atoms. The van der Waals surface area contributed by atoms with E-state index in [2.05, 4.69) is 35.3 Å². The van der Waals surface area contributed by atoms with Gasteiger partial charge in [-0.15, -0.1) is 0 Å². The predicted molar refractivity (Wildman–Crippen MR) is 156 cm³/mol. The summed E-state index contributed by atoms with van der Waals surface area (Å²) in [6, 6.07) is 5.02. The van der Waals surface area contributed by atoms with E-state index >= 15 is 0 Å². The summed E-state index contributed by atoms with van der Waals surface area (Å²) in [7, 11) is 0. The van der Waals surface area contributed by atoms with Gasteiger partial charge in [0.25, 0.3) is 0 Å². The number of halogens is 3. The van der Waals surface area contributed by atoms with E-state index in [1.165, 1.54) is 0 Å². The predicted octanol–water partition coefficient (Wildman–Crippen LogP) is 4.48. The number of aromatic nitrogens is 6. The molecule has 0 atom stereocenters. The molecule has 0 unspecified atom stereocenters. The van der Waals surface area contributed by atoms with Crippen LogP contribution >= 0.6 is 0 Å². The minimum Gasteiger partial charge on any atom is -0.474 e. The van der Waals surface area contributed by atoms with E-state index < -0.39 is 11.9 Å². The number of pyridine rings is 1. The van der Waals surface area contributed by atoms with Crippen molar-refractivity contribution < 1.29 is 17.9 Å². The number of rotatable bonds is 8. The van der Waals surface area contributed by atoms with Crippen molar-refractivity contribution in [2.75, 3.05) is 19.6 Å². The second-order valence-corrected chi connectivity index (χ2v) is 12.8. The fourth-order valence-electron chi connectivity index (χ4n) is 6.09. The van der Waals surface area contributed by atoms with Crippen molar-refractivity contribution in [1.29, 1.82) is 0 Å². The van der Waals surface area contributed by atoms with Crippen LogP contribution in [0.25, 0.3) is 22.3 Å². The Morgan fingerprint density at radius 3 is 2.60 bits per heavy atom. The van der Waals surface area contributed by atoms with Crippen LogP contribution in [0.1, 0.15) is 57.7 Å². The average Bonchev–Trinajstić information content (AvgIpc) is 3.62. The van der Waals surface area contributed by atoms with Gasteiger partial charge in [0.05, 0.1) is 17.4 Å². The smallest absolute Gasteiger partial charge is 0.433 e. The van der Waals surface area contributed by atoms with Crippen LogP contribution in [0.4, 0.5) is 13.2 Å². The number of ether oxygens (including phenoxy) is 1. The normalized spacial score (nSPS) is 22.2. The molecule has 4 aromatic heterocycles. The largest absolute Gasteiger partial charge is 0.474 e. The van der Waals surface area contributed by atoms with Crippen molar-refractivity contribution >= 4 is 11.0 Å². The first kappa shape index (κ1) is 29.5. The van der Waals surface area contributed by atoms with Gasteiger partial charge >= 0.3 is 6.18 Å². The Morgan fingerprint density at radius 2 is 1.91 bits per heavy atom. The number of H-pyrrole nitrogens is 1. The minimum atomic E-state index is -4.54.